The summed E-state index contributed by atoms with van der Waals surface area (Å²) in [7, 11) is 0. The summed E-state index contributed by atoms with van der Waals surface area (Å²) in [6, 6.07) is 5.18. The van der Waals surface area contributed by atoms with Crippen LogP contribution in [0, 0.1) is 0 Å². The third kappa shape index (κ3) is 6.18. The summed E-state index contributed by atoms with van der Waals surface area (Å²) < 4.78 is 11.1. The summed E-state index contributed by atoms with van der Waals surface area (Å²) >= 11 is 0.936. The molecule has 1 aromatic heterocycles. The topological polar surface area (TPSA) is 100 Å². The number of hydrogen-bond donors (Lipinski definition) is 1. The van der Waals surface area contributed by atoms with E-state index in [9.17, 15) is 9.90 Å². The summed E-state index contributed by atoms with van der Waals surface area (Å²) in [5.74, 6) is 0.514. The monoisotopic (exact) mass is 388 g/mol. The van der Waals surface area contributed by atoms with E-state index < -0.39 is 5.97 Å². The molecule has 1 N–H and O–H groups in total. The zero-order valence-corrected chi connectivity index (χ0v) is 16.2. The van der Waals surface area contributed by atoms with Crippen molar-refractivity contribution in [2.24, 2.45) is 0 Å². The van der Waals surface area contributed by atoms with Gasteiger partial charge >= 0.3 is 0 Å². The average molecular weight is 388 g/mol. The van der Waals surface area contributed by atoms with Gasteiger partial charge in [0.05, 0.1) is 12.6 Å². The molecule has 0 spiro atoms. The number of carboxylic acids is 1. The van der Waals surface area contributed by atoms with Gasteiger partial charge in [-0.05, 0) is 48.9 Å². The van der Waals surface area contributed by atoms with Crippen molar-refractivity contribution in [1.82, 2.24) is 15.2 Å². The van der Waals surface area contributed by atoms with Gasteiger partial charge in [0.15, 0.2) is 11.5 Å². The molecule has 0 aliphatic rings. The Labute approximate surface area is 162 Å². The molecule has 0 saturated carbocycles. The summed E-state index contributed by atoms with van der Waals surface area (Å²) in [4.78, 5) is 15.8. The van der Waals surface area contributed by atoms with Gasteiger partial charge < -0.3 is 19.4 Å². The zero-order chi connectivity index (χ0) is 19.6. The van der Waals surface area contributed by atoms with Crippen LogP contribution in [0.15, 0.2) is 40.9 Å². The number of rotatable bonds is 11. The second-order valence-corrected chi connectivity index (χ2v) is 6.46. The number of carbonyl (C=O) groups is 1. The lowest BCUT2D eigenvalue weighted by Gasteiger charge is -2.12. The Morgan fingerprint density at radius 2 is 2.15 bits per heavy atom. The molecule has 0 unspecified atom stereocenters. The summed E-state index contributed by atoms with van der Waals surface area (Å²) in [6.07, 6.45) is 4.80. The lowest BCUT2D eigenvalue weighted by Crippen LogP contribution is -2.23. The van der Waals surface area contributed by atoms with E-state index in [0.29, 0.717) is 35.4 Å². The van der Waals surface area contributed by atoms with Gasteiger partial charge in [0.2, 0.25) is 5.16 Å². The SMILES string of the molecule is C=CCOc1ccc(/C=C(\Sc2n[nH]c(CCC)n2)C(=O)[O-])cc1OCC. The minimum Gasteiger partial charge on any atom is -0.544 e. The van der Waals surface area contributed by atoms with Gasteiger partial charge in [-0.25, -0.2) is 4.98 Å². The van der Waals surface area contributed by atoms with Gasteiger partial charge in [-0.3, -0.25) is 5.10 Å². The highest BCUT2D eigenvalue weighted by Crippen LogP contribution is 2.31. The fourth-order valence-corrected chi connectivity index (χ4v) is 2.92. The first kappa shape index (κ1) is 20.6. The molecule has 0 aliphatic heterocycles. The van der Waals surface area contributed by atoms with Gasteiger partial charge in [-0.15, -0.1) is 5.10 Å². The van der Waals surface area contributed by atoms with Crippen LogP contribution in [-0.2, 0) is 11.2 Å². The van der Waals surface area contributed by atoms with Crippen LogP contribution in [0.25, 0.3) is 6.08 Å². The van der Waals surface area contributed by atoms with Crippen LogP contribution in [0.1, 0.15) is 31.7 Å². The van der Waals surface area contributed by atoms with Crippen LogP contribution in [0.2, 0.25) is 0 Å². The van der Waals surface area contributed by atoms with Gasteiger partial charge in [-0.2, -0.15) is 0 Å². The molecule has 8 heteroatoms. The maximum atomic E-state index is 11.5. The second-order valence-electron chi connectivity index (χ2n) is 5.45. The number of aryl methyl sites for hydroxylation is 1. The highest BCUT2D eigenvalue weighted by molar-refractivity contribution is 8.04. The van der Waals surface area contributed by atoms with Crippen LogP contribution < -0.4 is 14.6 Å². The minimum atomic E-state index is -1.30. The molecule has 2 aromatic rings. The average Bonchev–Trinajstić information content (AvgIpc) is 3.08. The highest BCUT2D eigenvalue weighted by Gasteiger charge is 2.10. The van der Waals surface area contributed by atoms with Crippen LogP contribution in [-0.4, -0.2) is 34.4 Å². The van der Waals surface area contributed by atoms with E-state index in [4.69, 9.17) is 9.47 Å². The second kappa shape index (κ2) is 10.4. The molecule has 7 nitrogen and oxygen atoms in total. The number of nitrogens with zero attached hydrogens (tertiary/aromatic N) is 2. The Kier molecular flexibility index (Phi) is 7.94. The fraction of sp³-hybridized carbons (Fsp3) is 0.316. The lowest BCUT2D eigenvalue weighted by atomic mass is 10.2. The van der Waals surface area contributed by atoms with Gasteiger partial charge in [-0.1, -0.05) is 25.6 Å². The number of carbonyl (C=O) groups excluding carboxylic acids is 1. The largest absolute Gasteiger partial charge is 0.544 e. The quantitative estimate of drug-likeness (QED) is 0.359. The predicted octanol–water partition coefficient (Wildman–Crippen LogP) is 2.60. The van der Waals surface area contributed by atoms with Gasteiger partial charge in [0.25, 0.3) is 0 Å². The molecular weight excluding hydrogens is 366 g/mol. The Balaban J connectivity index is 2.26. The number of aliphatic carboxylic acids is 1. The molecule has 0 radical (unpaired) electrons. The van der Waals surface area contributed by atoms with Crippen molar-refractivity contribution < 1.29 is 19.4 Å². The molecule has 0 aliphatic carbocycles. The number of hydrogen-bond acceptors (Lipinski definition) is 7. The van der Waals surface area contributed by atoms with E-state index in [0.717, 1.165) is 30.4 Å². The van der Waals surface area contributed by atoms with E-state index in [1.165, 1.54) is 6.08 Å². The van der Waals surface area contributed by atoms with Crippen molar-refractivity contribution in [3.8, 4) is 11.5 Å². The fourth-order valence-electron chi connectivity index (χ4n) is 2.20. The van der Waals surface area contributed by atoms with Crippen LogP contribution in [0.3, 0.4) is 0 Å². The maximum absolute atomic E-state index is 11.5. The third-order valence-electron chi connectivity index (χ3n) is 3.32. The number of H-pyrrole nitrogens is 1. The molecule has 0 bridgehead atoms. The summed E-state index contributed by atoms with van der Waals surface area (Å²) in [5, 5.41) is 18.7. The Hall–Kier alpha value is -2.74. The number of thioether (sulfide) groups is 1. The number of aromatic nitrogens is 3. The third-order valence-corrected chi connectivity index (χ3v) is 4.19. The number of ether oxygens (including phenoxy) is 2. The smallest absolute Gasteiger partial charge is 0.213 e. The normalized spacial score (nSPS) is 11.3. The minimum absolute atomic E-state index is 0.000688. The van der Waals surface area contributed by atoms with Crippen molar-refractivity contribution in [3.05, 3.63) is 47.1 Å². The molecule has 1 aromatic carbocycles. The number of nitrogens with one attached hydrogen (secondary N) is 1. The molecule has 0 saturated heterocycles. The molecule has 0 fully saturated rings. The standard InChI is InChI=1S/C19H23N3O4S/c1-4-7-17-20-19(22-21-17)27-16(18(23)24)12-13-8-9-14(26-10-5-2)15(11-13)25-6-3/h5,8-9,11-12H,2,4,6-7,10H2,1,3H3,(H,23,24)(H,20,21,22)/p-1/b16-12-. The molecule has 27 heavy (non-hydrogen) atoms. The van der Waals surface area contributed by atoms with E-state index in [1.54, 1.807) is 24.3 Å². The van der Waals surface area contributed by atoms with Crippen molar-refractivity contribution in [2.45, 2.75) is 31.8 Å². The number of carboxylic acid groups (broad SMARTS) is 1. The van der Waals surface area contributed by atoms with Crippen LogP contribution in [0.4, 0.5) is 0 Å². The Bertz CT molecular complexity index is 817. The van der Waals surface area contributed by atoms with Crippen molar-refractivity contribution in [3.63, 3.8) is 0 Å². The molecule has 1 heterocycles. The molecule has 144 valence electrons. The molecule has 0 amide bonds. The van der Waals surface area contributed by atoms with Crippen molar-refractivity contribution in [2.75, 3.05) is 13.2 Å². The summed E-state index contributed by atoms with van der Waals surface area (Å²) in [5.41, 5.74) is 0.639. The van der Waals surface area contributed by atoms with E-state index in [-0.39, 0.29) is 4.91 Å². The molecular formula is C19H22N3O4S-. The van der Waals surface area contributed by atoms with Crippen LogP contribution in [0.5, 0.6) is 11.5 Å². The molecule has 0 atom stereocenters. The predicted molar refractivity (Wildman–Crippen MR) is 103 cm³/mol. The van der Waals surface area contributed by atoms with E-state index in [2.05, 4.69) is 21.8 Å². The Morgan fingerprint density at radius 3 is 2.81 bits per heavy atom. The number of aromatic amines is 1. The van der Waals surface area contributed by atoms with E-state index in [1.807, 2.05) is 13.8 Å². The first-order valence-corrected chi connectivity index (χ1v) is 9.41. The van der Waals surface area contributed by atoms with E-state index >= 15 is 0 Å². The molecule has 2 rings (SSSR count). The lowest BCUT2D eigenvalue weighted by molar-refractivity contribution is -0.297. The first-order valence-electron chi connectivity index (χ1n) is 8.60. The highest BCUT2D eigenvalue weighted by atomic mass is 32.2. The maximum Gasteiger partial charge on any atom is 0.213 e. The van der Waals surface area contributed by atoms with Gasteiger partial charge in [0, 0.05) is 11.3 Å². The number of benzene rings is 1. The van der Waals surface area contributed by atoms with Gasteiger partial charge in [0.1, 0.15) is 12.4 Å². The zero-order valence-electron chi connectivity index (χ0n) is 15.4. The Morgan fingerprint density at radius 1 is 1.33 bits per heavy atom. The first-order chi connectivity index (χ1) is 13.1. The van der Waals surface area contributed by atoms with Crippen molar-refractivity contribution >= 4 is 23.8 Å². The van der Waals surface area contributed by atoms with Crippen molar-refractivity contribution in [1.29, 1.82) is 0 Å². The summed E-state index contributed by atoms with van der Waals surface area (Å²) in [6.45, 7) is 8.31. The van der Waals surface area contributed by atoms with Crippen LogP contribution >= 0.6 is 11.8 Å².